The van der Waals surface area contributed by atoms with Gasteiger partial charge in [0.25, 0.3) is 0 Å². The largest absolute Gasteiger partial charge is 0.465 e. The van der Waals surface area contributed by atoms with Gasteiger partial charge in [0.15, 0.2) is 0 Å². The molecule has 0 saturated carbocycles. The monoisotopic (exact) mass is 288 g/mol. The molecule has 0 aromatic rings. The lowest BCUT2D eigenvalue weighted by molar-refractivity contribution is -0.142. The van der Waals surface area contributed by atoms with Crippen molar-refractivity contribution in [2.24, 2.45) is 23.7 Å². The first-order valence-corrected chi connectivity index (χ1v) is 7.42. The van der Waals surface area contributed by atoms with E-state index in [1.54, 1.807) is 0 Å². The van der Waals surface area contributed by atoms with Crippen LogP contribution >= 0.6 is 0 Å². The molecule has 0 fully saturated rings. The Balaban J connectivity index is 1.80. The minimum Gasteiger partial charge on any atom is -0.465 e. The Labute approximate surface area is 124 Å². The molecule has 112 valence electrons. The molecule has 0 heterocycles. The highest BCUT2D eigenvalue weighted by Gasteiger charge is 2.42. The van der Waals surface area contributed by atoms with Gasteiger partial charge in [-0.3, -0.25) is 9.59 Å². The average molecular weight is 288 g/mol. The summed E-state index contributed by atoms with van der Waals surface area (Å²) in [6.07, 6.45) is 10.1. The van der Waals surface area contributed by atoms with Crippen molar-refractivity contribution in [3.8, 4) is 0 Å². The first kappa shape index (κ1) is 14.1. The van der Waals surface area contributed by atoms with Gasteiger partial charge in [-0.15, -0.1) is 0 Å². The molecule has 0 N–H and O–H groups in total. The molecular formula is C17H20O4. The topological polar surface area (TPSA) is 52.6 Å². The number of rotatable bonds is 4. The van der Waals surface area contributed by atoms with E-state index in [4.69, 9.17) is 9.47 Å². The fourth-order valence-corrected chi connectivity index (χ4v) is 3.70. The normalized spacial score (nSPS) is 32.3. The Morgan fingerprint density at radius 1 is 1.14 bits per heavy atom. The van der Waals surface area contributed by atoms with Crippen LogP contribution in [0.1, 0.15) is 20.3 Å². The van der Waals surface area contributed by atoms with Crippen molar-refractivity contribution < 1.29 is 19.1 Å². The fourth-order valence-electron chi connectivity index (χ4n) is 3.70. The molecule has 0 aliphatic heterocycles. The van der Waals surface area contributed by atoms with Gasteiger partial charge in [0.1, 0.15) is 13.2 Å². The summed E-state index contributed by atoms with van der Waals surface area (Å²) < 4.78 is 10.4. The van der Waals surface area contributed by atoms with Crippen LogP contribution in [0.5, 0.6) is 0 Å². The highest BCUT2D eigenvalue weighted by molar-refractivity contribution is 5.66. The third kappa shape index (κ3) is 2.80. The van der Waals surface area contributed by atoms with Crippen molar-refractivity contribution in [2.45, 2.75) is 20.3 Å². The lowest BCUT2D eigenvalue weighted by Gasteiger charge is -2.29. The van der Waals surface area contributed by atoms with E-state index in [1.165, 1.54) is 19.4 Å². The van der Waals surface area contributed by atoms with E-state index in [0.717, 1.165) is 12.0 Å². The van der Waals surface area contributed by atoms with Crippen molar-refractivity contribution in [1.82, 2.24) is 0 Å². The summed E-state index contributed by atoms with van der Waals surface area (Å²) in [5, 5.41) is 0. The van der Waals surface area contributed by atoms with Crippen molar-refractivity contribution in [3.63, 3.8) is 0 Å². The summed E-state index contributed by atoms with van der Waals surface area (Å²) >= 11 is 0. The molecule has 2 bridgehead atoms. The predicted molar refractivity (Wildman–Crippen MR) is 77.1 cm³/mol. The summed E-state index contributed by atoms with van der Waals surface area (Å²) in [5.41, 5.74) is 2.47. The summed E-state index contributed by atoms with van der Waals surface area (Å²) in [6.45, 7) is 3.56. The van der Waals surface area contributed by atoms with E-state index in [-0.39, 0.29) is 17.9 Å². The average Bonchev–Trinajstić information content (AvgIpc) is 2.97. The van der Waals surface area contributed by atoms with Crippen molar-refractivity contribution in [3.05, 3.63) is 35.5 Å². The molecule has 0 saturated heterocycles. The van der Waals surface area contributed by atoms with Gasteiger partial charge in [-0.1, -0.05) is 29.9 Å². The molecule has 21 heavy (non-hydrogen) atoms. The van der Waals surface area contributed by atoms with Crippen molar-refractivity contribution >= 4 is 11.9 Å². The minimum absolute atomic E-state index is 0.120. The zero-order chi connectivity index (χ0) is 15.0. The molecule has 4 atom stereocenters. The standard InChI is InChI=1S/C17H20O4/c1-10(18)20-8-14-7-15(9-21-11(2)19)17-13-4-3-12(5-13)6-16(14)17/h3-4,6-7,12-14,17H,5,8-9H2,1-2H3/t12-,13+,14-,17+/m0/s1. The molecule has 0 aromatic carbocycles. The Kier molecular flexibility index (Phi) is 3.70. The highest BCUT2D eigenvalue weighted by atomic mass is 16.5. The first-order valence-electron chi connectivity index (χ1n) is 7.42. The number of carbonyl (C=O) groups excluding carboxylic acids is 2. The maximum absolute atomic E-state index is 11.1. The quantitative estimate of drug-likeness (QED) is 0.589. The Morgan fingerprint density at radius 3 is 2.62 bits per heavy atom. The van der Waals surface area contributed by atoms with Gasteiger partial charge < -0.3 is 9.47 Å². The van der Waals surface area contributed by atoms with Crippen LogP contribution in [0.25, 0.3) is 0 Å². The number of hydrogen-bond donors (Lipinski definition) is 0. The molecule has 4 heteroatoms. The predicted octanol–water partition coefficient (Wildman–Crippen LogP) is 2.42. The zero-order valence-corrected chi connectivity index (χ0v) is 12.4. The summed E-state index contributed by atoms with van der Waals surface area (Å²) in [4.78, 5) is 22.1. The van der Waals surface area contributed by atoms with Gasteiger partial charge in [0, 0.05) is 25.7 Å². The van der Waals surface area contributed by atoms with E-state index in [2.05, 4.69) is 24.3 Å². The third-order valence-corrected chi connectivity index (χ3v) is 4.49. The van der Waals surface area contributed by atoms with Crippen LogP contribution in [0, 0.1) is 23.7 Å². The Bertz CT molecular complexity index is 555. The van der Waals surface area contributed by atoms with E-state index >= 15 is 0 Å². The summed E-state index contributed by atoms with van der Waals surface area (Å²) in [7, 11) is 0. The Morgan fingerprint density at radius 2 is 1.90 bits per heavy atom. The van der Waals surface area contributed by atoms with Crippen molar-refractivity contribution in [2.75, 3.05) is 13.2 Å². The molecule has 4 nitrogen and oxygen atoms in total. The van der Waals surface area contributed by atoms with E-state index < -0.39 is 0 Å². The van der Waals surface area contributed by atoms with E-state index in [9.17, 15) is 9.59 Å². The zero-order valence-electron chi connectivity index (χ0n) is 12.4. The maximum Gasteiger partial charge on any atom is 0.302 e. The number of fused-ring (bicyclic) bond motifs is 4. The highest BCUT2D eigenvalue weighted by Crippen LogP contribution is 2.50. The first-order chi connectivity index (χ1) is 10.0. The number of hydrogen-bond acceptors (Lipinski definition) is 4. The van der Waals surface area contributed by atoms with Crippen LogP contribution in [0.15, 0.2) is 35.5 Å². The van der Waals surface area contributed by atoms with E-state index in [0.29, 0.717) is 31.0 Å². The smallest absolute Gasteiger partial charge is 0.302 e. The lowest BCUT2D eigenvalue weighted by Crippen LogP contribution is -2.23. The fraction of sp³-hybridized carbons (Fsp3) is 0.529. The van der Waals surface area contributed by atoms with Gasteiger partial charge in [0.05, 0.1) is 0 Å². The van der Waals surface area contributed by atoms with Crippen LogP contribution in [0.3, 0.4) is 0 Å². The minimum atomic E-state index is -0.263. The van der Waals surface area contributed by atoms with Gasteiger partial charge in [-0.2, -0.15) is 0 Å². The number of esters is 2. The summed E-state index contributed by atoms with van der Waals surface area (Å²) in [5.74, 6) is 0.891. The van der Waals surface area contributed by atoms with Gasteiger partial charge >= 0.3 is 11.9 Å². The molecule has 3 rings (SSSR count). The molecule has 0 unspecified atom stereocenters. The van der Waals surface area contributed by atoms with Crippen LogP contribution < -0.4 is 0 Å². The molecule has 0 amide bonds. The van der Waals surface area contributed by atoms with Crippen molar-refractivity contribution in [1.29, 1.82) is 0 Å². The van der Waals surface area contributed by atoms with E-state index in [1.807, 2.05) is 0 Å². The molecule has 3 aliphatic rings. The SMILES string of the molecule is CC(=O)OCC1=C[C@@H](COC(C)=O)C2=C[C@H]3C=C[C@H](C3)[C@H]12. The number of ether oxygens (including phenoxy) is 2. The van der Waals surface area contributed by atoms with Crippen LogP contribution in [-0.2, 0) is 19.1 Å². The Hall–Kier alpha value is -1.84. The molecule has 0 aromatic heterocycles. The number of carbonyl (C=O) groups is 2. The van der Waals surface area contributed by atoms with Crippen LogP contribution in [0.2, 0.25) is 0 Å². The number of allylic oxidation sites excluding steroid dienone is 3. The molecule has 0 spiro atoms. The third-order valence-electron chi connectivity index (χ3n) is 4.49. The van der Waals surface area contributed by atoms with Gasteiger partial charge in [-0.25, -0.2) is 0 Å². The maximum atomic E-state index is 11.1. The second-order valence-corrected chi connectivity index (χ2v) is 6.02. The molecule has 3 aliphatic carbocycles. The molecular weight excluding hydrogens is 268 g/mol. The second kappa shape index (κ2) is 5.51. The van der Waals surface area contributed by atoms with Crippen LogP contribution in [0.4, 0.5) is 0 Å². The second-order valence-electron chi connectivity index (χ2n) is 6.02. The van der Waals surface area contributed by atoms with Gasteiger partial charge in [0.2, 0.25) is 0 Å². The van der Waals surface area contributed by atoms with Crippen LogP contribution in [-0.4, -0.2) is 25.2 Å². The van der Waals surface area contributed by atoms with Gasteiger partial charge in [-0.05, 0) is 23.8 Å². The lowest BCUT2D eigenvalue weighted by atomic mass is 9.76. The summed E-state index contributed by atoms with van der Waals surface area (Å²) in [6, 6.07) is 0. The molecule has 0 radical (unpaired) electrons.